The van der Waals surface area contributed by atoms with Crippen LogP contribution in [-0.2, 0) is 32.0 Å². The van der Waals surface area contributed by atoms with Crippen LogP contribution in [0.2, 0.25) is 0 Å². The van der Waals surface area contributed by atoms with E-state index in [9.17, 15) is 28.8 Å². The molecule has 1 atom stereocenters. The number of urea groups is 2. The number of rotatable bonds is 4. The van der Waals surface area contributed by atoms with Crippen LogP contribution >= 0.6 is 0 Å². The molecule has 210 valence electrons. The number of hydrogen-bond donors (Lipinski definition) is 1. The Morgan fingerprint density at radius 1 is 0.951 bits per heavy atom. The Kier molecular flexibility index (Phi) is 6.24. The SMILES string of the molecule is CN1C(=O)N(C)C(=O)C2(Cc3cc(/C=C4\C(=O)NC(=O)N(CCc5ccccc5)C4=O)ccc3N3CCC[C@@H]32)C1=O. The van der Waals surface area contributed by atoms with Gasteiger partial charge in [-0.25, -0.2) is 9.59 Å². The molecule has 11 nitrogen and oxygen atoms in total. The standard InChI is InChI=1S/C30H29N5O6/c1-32-26(38)30(27(39)33(2)29(32)41)17-20-15-19(10-11-22(20)34-13-6-9-23(30)34)16-21-24(36)31-28(40)35(25(21)37)14-12-18-7-4-3-5-8-18/h3-5,7-8,10-11,15-16,23H,6,9,12-14,17H2,1-2H3,(H,31,36,40)/b21-16+/t23-/m1/s1. The minimum Gasteiger partial charge on any atom is -0.367 e. The largest absolute Gasteiger partial charge is 0.367 e. The normalized spacial score (nSPS) is 23.0. The van der Waals surface area contributed by atoms with Crippen LogP contribution in [-0.4, -0.2) is 83.6 Å². The molecule has 4 aliphatic rings. The monoisotopic (exact) mass is 555 g/mol. The van der Waals surface area contributed by atoms with E-state index in [0.717, 1.165) is 32.4 Å². The van der Waals surface area contributed by atoms with Crippen LogP contribution in [0.3, 0.4) is 0 Å². The molecular weight excluding hydrogens is 526 g/mol. The Morgan fingerprint density at radius 3 is 2.37 bits per heavy atom. The molecule has 8 amide bonds. The fourth-order valence-corrected chi connectivity index (χ4v) is 6.58. The number of anilines is 1. The Bertz CT molecular complexity index is 1530. The van der Waals surface area contributed by atoms with Crippen LogP contribution in [0.15, 0.2) is 54.1 Å². The summed E-state index contributed by atoms with van der Waals surface area (Å²) in [5.74, 6) is -2.52. The molecular formula is C30H29N5O6. The number of fused-ring (bicyclic) bond motifs is 4. The molecule has 2 aromatic carbocycles. The quantitative estimate of drug-likeness (QED) is 0.347. The van der Waals surface area contributed by atoms with Crippen molar-refractivity contribution < 1.29 is 28.8 Å². The van der Waals surface area contributed by atoms with Crippen molar-refractivity contribution in [3.05, 3.63) is 70.8 Å². The van der Waals surface area contributed by atoms with Gasteiger partial charge in [0.05, 0.1) is 6.04 Å². The smallest absolute Gasteiger partial charge is 0.332 e. The van der Waals surface area contributed by atoms with Crippen LogP contribution in [0.25, 0.3) is 6.08 Å². The van der Waals surface area contributed by atoms with Gasteiger partial charge >= 0.3 is 12.1 Å². The number of imide groups is 4. The van der Waals surface area contributed by atoms with Crippen LogP contribution in [0.4, 0.5) is 15.3 Å². The molecule has 1 N–H and O–H groups in total. The van der Waals surface area contributed by atoms with Crippen molar-refractivity contribution in [1.82, 2.24) is 20.0 Å². The van der Waals surface area contributed by atoms with Gasteiger partial charge in [0.2, 0.25) is 11.8 Å². The van der Waals surface area contributed by atoms with Crippen molar-refractivity contribution >= 4 is 47.5 Å². The molecule has 0 unspecified atom stereocenters. The lowest BCUT2D eigenvalue weighted by molar-refractivity contribution is -0.159. The molecule has 0 saturated carbocycles. The second kappa shape index (κ2) is 9.69. The summed E-state index contributed by atoms with van der Waals surface area (Å²) in [6.07, 6.45) is 3.38. The average Bonchev–Trinajstić information content (AvgIpc) is 3.47. The van der Waals surface area contributed by atoms with Crippen LogP contribution < -0.4 is 10.2 Å². The maximum absolute atomic E-state index is 13.6. The summed E-state index contributed by atoms with van der Waals surface area (Å²) in [7, 11) is 2.78. The van der Waals surface area contributed by atoms with Crippen LogP contribution in [0.1, 0.15) is 29.5 Å². The minimum absolute atomic E-state index is 0.0853. The predicted octanol–water partition coefficient (Wildman–Crippen LogP) is 1.95. The number of nitrogens with zero attached hydrogens (tertiary/aromatic N) is 4. The lowest BCUT2D eigenvalue weighted by atomic mass is 9.68. The first-order valence-electron chi connectivity index (χ1n) is 13.6. The molecule has 0 aliphatic carbocycles. The van der Waals surface area contributed by atoms with Gasteiger partial charge in [0.1, 0.15) is 5.57 Å². The van der Waals surface area contributed by atoms with E-state index in [-0.39, 0.29) is 24.6 Å². The maximum atomic E-state index is 13.6. The van der Waals surface area contributed by atoms with E-state index in [0.29, 0.717) is 30.5 Å². The summed E-state index contributed by atoms with van der Waals surface area (Å²) < 4.78 is 0. The van der Waals surface area contributed by atoms with Crippen molar-refractivity contribution in [1.29, 1.82) is 0 Å². The number of carbonyl (C=O) groups excluding carboxylic acids is 6. The van der Waals surface area contributed by atoms with Gasteiger partial charge in [-0.1, -0.05) is 36.4 Å². The molecule has 3 saturated heterocycles. The number of hydrogen-bond acceptors (Lipinski definition) is 7. The van der Waals surface area contributed by atoms with Crippen molar-refractivity contribution in [2.24, 2.45) is 5.41 Å². The number of amides is 8. The molecule has 3 fully saturated rings. The molecule has 4 aliphatic heterocycles. The Hall–Kier alpha value is -4.80. The topological polar surface area (TPSA) is 127 Å². The predicted molar refractivity (Wildman–Crippen MR) is 147 cm³/mol. The van der Waals surface area contributed by atoms with Crippen LogP contribution in [0, 0.1) is 5.41 Å². The fraction of sp³-hybridized carbons (Fsp3) is 0.333. The average molecular weight is 556 g/mol. The Labute approximate surface area is 236 Å². The molecule has 0 bridgehead atoms. The highest BCUT2D eigenvalue weighted by molar-refractivity contribution is 6.31. The van der Waals surface area contributed by atoms with Gasteiger partial charge in [0.25, 0.3) is 11.8 Å². The summed E-state index contributed by atoms with van der Waals surface area (Å²) in [6, 6.07) is 13.0. The number of barbiturate groups is 2. The molecule has 2 aromatic rings. The maximum Gasteiger partial charge on any atom is 0.332 e. The highest BCUT2D eigenvalue weighted by Crippen LogP contribution is 2.49. The highest BCUT2D eigenvalue weighted by Gasteiger charge is 2.63. The molecule has 11 heteroatoms. The van der Waals surface area contributed by atoms with E-state index in [1.807, 2.05) is 36.4 Å². The first kappa shape index (κ1) is 26.4. The van der Waals surface area contributed by atoms with E-state index in [4.69, 9.17) is 0 Å². The number of carbonyl (C=O) groups is 6. The van der Waals surface area contributed by atoms with E-state index in [1.165, 1.54) is 20.2 Å². The fourth-order valence-electron chi connectivity index (χ4n) is 6.58. The third-order valence-electron chi connectivity index (χ3n) is 8.61. The summed E-state index contributed by atoms with van der Waals surface area (Å²) in [5.41, 5.74) is 1.41. The molecule has 41 heavy (non-hydrogen) atoms. The van der Waals surface area contributed by atoms with E-state index >= 15 is 0 Å². The molecule has 0 radical (unpaired) electrons. The number of nitrogens with one attached hydrogen (secondary N) is 1. The summed E-state index contributed by atoms with van der Waals surface area (Å²) in [4.78, 5) is 83.4. The molecule has 0 aromatic heterocycles. The van der Waals surface area contributed by atoms with Gasteiger partial charge in [-0.15, -0.1) is 0 Å². The molecule has 1 spiro atoms. The van der Waals surface area contributed by atoms with E-state index < -0.39 is 41.1 Å². The second-order valence-corrected chi connectivity index (χ2v) is 10.9. The Balaban J connectivity index is 1.34. The first-order valence-corrected chi connectivity index (χ1v) is 13.6. The van der Waals surface area contributed by atoms with Crippen LogP contribution in [0.5, 0.6) is 0 Å². The molecule has 6 rings (SSSR count). The first-order chi connectivity index (χ1) is 19.6. The summed E-state index contributed by atoms with van der Waals surface area (Å²) in [5, 5.41) is 2.25. The van der Waals surface area contributed by atoms with Crippen molar-refractivity contribution in [2.75, 3.05) is 32.1 Å². The third kappa shape index (κ3) is 4.02. The second-order valence-electron chi connectivity index (χ2n) is 10.9. The van der Waals surface area contributed by atoms with Gasteiger partial charge in [-0.3, -0.25) is 39.2 Å². The van der Waals surface area contributed by atoms with Crippen molar-refractivity contribution in [3.63, 3.8) is 0 Å². The highest BCUT2D eigenvalue weighted by atomic mass is 16.2. The van der Waals surface area contributed by atoms with Gasteiger partial charge in [-0.05, 0) is 60.6 Å². The van der Waals surface area contributed by atoms with Crippen molar-refractivity contribution in [2.45, 2.75) is 31.7 Å². The summed E-state index contributed by atoms with van der Waals surface area (Å²) in [6.45, 7) is 0.757. The minimum atomic E-state index is -1.45. The zero-order valence-electron chi connectivity index (χ0n) is 22.8. The van der Waals surface area contributed by atoms with E-state index in [1.54, 1.807) is 12.1 Å². The Morgan fingerprint density at radius 2 is 1.66 bits per heavy atom. The third-order valence-corrected chi connectivity index (χ3v) is 8.61. The summed E-state index contributed by atoms with van der Waals surface area (Å²) >= 11 is 0. The van der Waals surface area contributed by atoms with Gasteiger partial charge in [-0.2, -0.15) is 0 Å². The lowest BCUT2D eigenvalue weighted by Crippen LogP contribution is -2.70. The van der Waals surface area contributed by atoms with Gasteiger partial charge < -0.3 is 4.90 Å². The molecule has 4 heterocycles. The lowest BCUT2D eigenvalue weighted by Gasteiger charge is -2.50. The van der Waals surface area contributed by atoms with Gasteiger partial charge in [0, 0.05) is 32.9 Å². The van der Waals surface area contributed by atoms with E-state index in [2.05, 4.69) is 10.2 Å². The number of benzene rings is 2. The van der Waals surface area contributed by atoms with Crippen molar-refractivity contribution in [3.8, 4) is 0 Å². The zero-order valence-corrected chi connectivity index (χ0v) is 22.8. The zero-order chi connectivity index (χ0) is 29.1. The van der Waals surface area contributed by atoms with Gasteiger partial charge in [0.15, 0.2) is 5.41 Å².